The summed E-state index contributed by atoms with van der Waals surface area (Å²) in [5, 5.41) is 10.2. The standard InChI is InChI=1S/C34H43NO5/c1-3-35(4-2)33(36)29-23-24-30(39-25-15-7-13-21-27-17-9-5-10-18-27)32(31(29)34(37)38)40-26-16-8-14-22-28-19-11-6-12-20-28/h5-6,9-12,17-20,23-24H,3-4,7-8,13-16,21-22,25-26H2,1-2H3,(H,37,38). The summed E-state index contributed by atoms with van der Waals surface area (Å²) in [5.74, 6) is -0.982. The minimum Gasteiger partial charge on any atom is -0.490 e. The fraction of sp³-hybridized carbons (Fsp3) is 0.412. The molecule has 0 unspecified atom stereocenters. The summed E-state index contributed by atoms with van der Waals surface area (Å²) in [6, 6.07) is 24.0. The Kier molecular flexibility index (Phi) is 13.1. The van der Waals surface area contributed by atoms with Gasteiger partial charge in [-0.1, -0.05) is 60.7 Å². The van der Waals surface area contributed by atoms with E-state index in [2.05, 4.69) is 36.4 Å². The van der Waals surface area contributed by atoms with Crippen LogP contribution in [-0.2, 0) is 12.8 Å². The SMILES string of the molecule is CCN(CC)C(=O)c1ccc(OCCCCCc2ccccc2)c(OCCCCCc2ccccc2)c1C(=O)O. The van der Waals surface area contributed by atoms with Crippen LogP contribution in [0.5, 0.6) is 11.5 Å². The van der Waals surface area contributed by atoms with E-state index in [1.807, 2.05) is 38.1 Å². The Hall–Kier alpha value is -3.80. The first-order valence-electron chi connectivity index (χ1n) is 14.6. The first-order chi connectivity index (χ1) is 19.5. The van der Waals surface area contributed by atoms with Crippen molar-refractivity contribution in [2.45, 2.75) is 65.2 Å². The van der Waals surface area contributed by atoms with E-state index in [9.17, 15) is 14.7 Å². The molecule has 6 heteroatoms. The third-order valence-corrected chi connectivity index (χ3v) is 7.03. The van der Waals surface area contributed by atoms with Crippen molar-refractivity contribution in [3.63, 3.8) is 0 Å². The van der Waals surface area contributed by atoms with Crippen molar-refractivity contribution in [1.29, 1.82) is 0 Å². The number of carbonyl (C=O) groups excluding carboxylic acids is 1. The van der Waals surface area contributed by atoms with Gasteiger partial charge in [0.2, 0.25) is 0 Å². The Balaban J connectivity index is 1.64. The minimum atomic E-state index is -1.19. The highest BCUT2D eigenvalue weighted by atomic mass is 16.5. The summed E-state index contributed by atoms with van der Waals surface area (Å²) in [6.07, 6.45) is 7.65. The Bertz CT molecular complexity index is 1180. The van der Waals surface area contributed by atoms with E-state index in [4.69, 9.17) is 9.47 Å². The molecule has 1 amide bonds. The predicted molar refractivity (Wildman–Crippen MR) is 160 cm³/mol. The van der Waals surface area contributed by atoms with Crippen molar-refractivity contribution >= 4 is 11.9 Å². The number of carbonyl (C=O) groups is 2. The number of carboxylic acids is 1. The van der Waals surface area contributed by atoms with Gasteiger partial charge < -0.3 is 19.5 Å². The number of amides is 1. The number of aryl methyl sites for hydroxylation is 2. The minimum absolute atomic E-state index is 0.122. The van der Waals surface area contributed by atoms with E-state index in [1.54, 1.807) is 17.0 Å². The molecule has 0 heterocycles. The van der Waals surface area contributed by atoms with Crippen LogP contribution in [0.4, 0.5) is 0 Å². The molecule has 0 saturated carbocycles. The van der Waals surface area contributed by atoms with E-state index < -0.39 is 5.97 Å². The van der Waals surface area contributed by atoms with E-state index in [1.165, 1.54) is 11.1 Å². The molecular weight excluding hydrogens is 502 g/mol. The zero-order chi connectivity index (χ0) is 28.6. The summed E-state index contributed by atoms with van der Waals surface area (Å²) in [7, 11) is 0. The van der Waals surface area contributed by atoms with Gasteiger partial charge in [-0.15, -0.1) is 0 Å². The second kappa shape index (κ2) is 17.0. The van der Waals surface area contributed by atoms with Gasteiger partial charge in [0.25, 0.3) is 5.91 Å². The fourth-order valence-electron chi connectivity index (χ4n) is 4.75. The number of nitrogens with zero attached hydrogens (tertiary/aromatic N) is 1. The van der Waals surface area contributed by atoms with Crippen LogP contribution in [0.15, 0.2) is 72.8 Å². The van der Waals surface area contributed by atoms with E-state index in [0.29, 0.717) is 32.1 Å². The lowest BCUT2D eigenvalue weighted by atomic mass is 10.0. The number of ether oxygens (including phenoxy) is 2. The van der Waals surface area contributed by atoms with E-state index in [0.717, 1.165) is 51.4 Å². The molecule has 0 radical (unpaired) electrons. The number of benzene rings is 3. The Labute approximate surface area is 238 Å². The summed E-state index contributed by atoms with van der Waals surface area (Å²) in [6.45, 7) is 5.55. The number of carboxylic acid groups (broad SMARTS) is 1. The van der Waals surface area contributed by atoms with Gasteiger partial charge in [-0.3, -0.25) is 4.79 Å². The van der Waals surface area contributed by atoms with Crippen molar-refractivity contribution < 1.29 is 24.2 Å². The molecule has 6 nitrogen and oxygen atoms in total. The molecule has 0 saturated heterocycles. The lowest BCUT2D eigenvalue weighted by molar-refractivity contribution is 0.0671. The monoisotopic (exact) mass is 545 g/mol. The molecule has 214 valence electrons. The highest BCUT2D eigenvalue weighted by molar-refractivity contribution is 6.07. The smallest absolute Gasteiger partial charge is 0.340 e. The topological polar surface area (TPSA) is 76.1 Å². The highest BCUT2D eigenvalue weighted by Gasteiger charge is 2.27. The predicted octanol–water partition coefficient (Wildman–Crippen LogP) is 7.45. The van der Waals surface area contributed by atoms with Crippen LogP contribution in [-0.4, -0.2) is 48.2 Å². The van der Waals surface area contributed by atoms with Crippen molar-refractivity contribution in [3.8, 4) is 11.5 Å². The third-order valence-electron chi connectivity index (χ3n) is 7.03. The third kappa shape index (κ3) is 9.44. The number of rotatable bonds is 18. The van der Waals surface area contributed by atoms with Crippen LogP contribution in [0.1, 0.15) is 84.2 Å². The number of aromatic carboxylic acids is 1. The number of unbranched alkanes of at least 4 members (excludes halogenated alkanes) is 4. The largest absolute Gasteiger partial charge is 0.490 e. The second-order valence-electron chi connectivity index (χ2n) is 9.89. The molecule has 0 aliphatic carbocycles. The zero-order valence-corrected chi connectivity index (χ0v) is 23.9. The number of hydrogen-bond donors (Lipinski definition) is 1. The molecule has 3 rings (SSSR count). The molecule has 0 aliphatic heterocycles. The van der Waals surface area contributed by atoms with Gasteiger partial charge in [0.15, 0.2) is 11.5 Å². The Morgan fingerprint density at radius 2 is 1.20 bits per heavy atom. The van der Waals surface area contributed by atoms with Crippen molar-refractivity contribution in [2.24, 2.45) is 0 Å². The molecule has 0 atom stereocenters. The molecule has 40 heavy (non-hydrogen) atoms. The van der Waals surface area contributed by atoms with Crippen LogP contribution < -0.4 is 9.47 Å². The van der Waals surface area contributed by atoms with Crippen LogP contribution >= 0.6 is 0 Å². The van der Waals surface area contributed by atoms with E-state index >= 15 is 0 Å². The van der Waals surface area contributed by atoms with Crippen molar-refractivity contribution in [1.82, 2.24) is 4.90 Å². The molecule has 0 spiro atoms. The second-order valence-corrected chi connectivity index (χ2v) is 9.89. The van der Waals surface area contributed by atoms with Gasteiger partial charge in [-0.25, -0.2) is 4.79 Å². The zero-order valence-electron chi connectivity index (χ0n) is 23.9. The lowest BCUT2D eigenvalue weighted by Crippen LogP contribution is -2.32. The molecule has 0 bridgehead atoms. The quantitative estimate of drug-likeness (QED) is 0.168. The average molecular weight is 546 g/mol. The van der Waals surface area contributed by atoms with Gasteiger partial charge in [0.1, 0.15) is 5.56 Å². The molecule has 0 fully saturated rings. The van der Waals surface area contributed by atoms with Gasteiger partial charge in [-0.05, 0) is 88.5 Å². The fourth-order valence-corrected chi connectivity index (χ4v) is 4.75. The van der Waals surface area contributed by atoms with Crippen LogP contribution in [0.3, 0.4) is 0 Å². The number of hydrogen-bond acceptors (Lipinski definition) is 4. The Morgan fingerprint density at radius 1 is 0.675 bits per heavy atom. The maximum absolute atomic E-state index is 13.2. The first-order valence-corrected chi connectivity index (χ1v) is 14.6. The van der Waals surface area contributed by atoms with Gasteiger partial charge in [0.05, 0.1) is 18.8 Å². The van der Waals surface area contributed by atoms with Crippen LogP contribution in [0.2, 0.25) is 0 Å². The molecule has 1 N–H and O–H groups in total. The molecule has 3 aromatic carbocycles. The highest BCUT2D eigenvalue weighted by Crippen LogP contribution is 2.35. The summed E-state index contributed by atoms with van der Waals surface area (Å²) >= 11 is 0. The normalized spacial score (nSPS) is 10.8. The molecular formula is C34H43NO5. The van der Waals surface area contributed by atoms with Crippen molar-refractivity contribution in [3.05, 3.63) is 95.1 Å². The Morgan fingerprint density at radius 3 is 1.70 bits per heavy atom. The maximum Gasteiger partial charge on any atom is 0.340 e. The molecule has 0 aromatic heterocycles. The van der Waals surface area contributed by atoms with Crippen LogP contribution in [0, 0.1) is 0 Å². The van der Waals surface area contributed by atoms with Gasteiger partial charge in [0, 0.05) is 13.1 Å². The van der Waals surface area contributed by atoms with Gasteiger partial charge in [-0.2, -0.15) is 0 Å². The lowest BCUT2D eigenvalue weighted by Gasteiger charge is -2.22. The summed E-state index contributed by atoms with van der Waals surface area (Å²) in [5.41, 5.74) is 2.63. The maximum atomic E-state index is 13.2. The van der Waals surface area contributed by atoms with E-state index in [-0.39, 0.29) is 22.8 Å². The summed E-state index contributed by atoms with van der Waals surface area (Å²) in [4.78, 5) is 27.2. The molecule has 3 aromatic rings. The summed E-state index contributed by atoms with van der Waals surface area (Å²) < 4.78 is 12.1. The van der Waals surface area contributed by atoms with Gasteiger partial charge >= 0.3 is 5.97 Å². The average Bonchev–Trinajstić information content (AvgIpc) is 2.98. The molecule has 0 aliphatic rings. The first kappa shape index (κ1) is 30.7. The van der Waals surface area contributed by atoms with Crippen LogP contribution in [0.25, 0.3) is 0 Å². The van der Waals surface area contributed by atoms with Crippen molar-refractivity contribution in [2.75, 3.05) is 26.3 Å².